The predicted octanol–water partition coefficient (Wildman–Crippen LogP) is 3.31. The Morgan fingerprint density at radius 2 is 1.82 bits per heavy atom. The maximum Gasteiger partial charge on any atom is 0.435 e. The fraction of sp³-hybridized carbons (Fsp3) is 0.387. The lowest BCUT2D eigenvalue weighted by atomic mass is 9.96. The van der Waals surface area contributed by atoms with Gasteiger partial charge in [-0.05, 0) is 50.6 Å². The number of aromatic nitrogens is 5. The van der Waals surface area contributed by atoms with Gasteiger partial charge in [0.2, 0.25) is 5.91 Å². The molecule has 0 saturated carbocycles. The molecule has 6 rings (SSSR count). The SMILES string of the molecule is Cc1cc(Nc2nccn3c(-c4cn(CC#N)nc4C(F)(F)F)cnc23)cc(F)c1C(=O)N1CCN(C(=O)C2CCNCC2)CC1.O=CO. The van der Waals surface area contributed by atoms with Crippen molar-refractivity contribution >= 4 is 35.4 Å². The highest BCUT2D eigenvalue weighted by Gasteiger charge is 2.38. The van der Waals surface area contributed by atoms with Gasteiger partial charge in [0, 0.05) is 56.4 Å². The Balaban J connectivity index is 0.00000151. The number of benzene rings is 1. The van der Waals surface area contributed by atoms with Crippen LogP contribution in [0.25, 0.3) is 16.9 Å². The van der Waals surface area contributed by atoms with E-state index in [1.165, 1.54) is 23.0 Å². The molecular weight excluding hydrogens is 652 g/mol. The highest BCUT2D eigenvalue weighted by molar-refractivity contribution is 5.97. The summed E-state index contributed by atoms with van der Waals surface area (Å²) < 4.78 is 59.1. The van der Waals surface area contributed by atoms with Crippen molar-refractivity contribution in [1.82, 2.24) is 39.3 Å². The standard InChI is InChI=1S/C30H30F4N10O2.CH2O2/c1-18-14-20(15-22(31)24(18)29(46)42-12-10-41(11-13-42)28(45)19-2-5-36-6-3-19)39-26-27-38-16-23(44(27)9-7-37-26)21-17-43(8-4-35)40-25(21)30(32,33)34;2-1-3/h7,9,14-17,19,36H,2-3,5-6,8,10-13H2,1H3,(H,37,39);1H,(H,2,3). The van der Waals surface area contributed by atoms with Gasteiger partial charge in [-0.2, -0.15) is 23.5 Å². The van der Waals surface area contributed by atoms with Crippen molar-refractivity contribution in [3.8, 4) is 17.3 Å². The summed E-state index contributed by atoms with van der Waals surface area (Å²) in [6.45, 7) is 3.99. The molecule has 2 saturated heterocycles. The van der Waals surface area contributed by atoms with Gasteiger partial charge in [0.05, 0.1) is 29.1 Å². The first-order chi connectivity index (χ1) is 23.5. The third kappa shape index (κ3) is 7.46. The highest BCUT2D eigenvalue weighted by Crippen LogP contribution is 2.37. The number of hydrogen-bond donors (Lipinski definition) is 3. The molecule has 49 heavy (non-hydrogen) atoms. The smallest absolute Gasteiger partial charge is 0.435 e. The number of carbonyl (C=O) groups is 3. The number of halogens is 4. The predicted molar refractivity (Wildman–Crippen MR) is 166 cm³/mol. The molecule has 0 radical (unpaired) electrons. The van der Waals surface area contributed by atoms with Crippen molar-refractivity contribution in [1.29, 1.82) is 5.26 Å². The summed E-state index contributed by atoms with van der Waals surface area (Å²) in [5, 5.41) is 25.6. The molecule has 2 aliphatic rings. The molecule has 4 aromatic rings. The van der Waals surface area contributed by atoms with E-state index in [-0.39, 0.29) is 58.8 Å². The largest absolute Gasteiger partial charge is 0.483 e. The van der Waals surface area contributed by atoms with Crippen molar-refractivity contribution in [2.45, 2.75) is 32.5 Å². The van der Waals surface area contributed by atoms with Crippen LogP contribution in [-0.4, -0.2) is 96.6 Å². The van der Waals surface area contributed by atoms with Crippen LogP contribution < -0.4 is 10.6 Å². The third-order valence-corrected chi connectivity index (χ3v) is 8.30. The number of anilines is 2. The van der Waals surface area contributed by atoms with E-state index in [9.17, 15) is 22.8 Å². The number of aryl methyl sites for hydroxylation is 1. The first kappa shape index (κ1) is 34.8. The molecule has 3 aromatic heterocycles. The van der Waals surface area contributed by atoms with Crippen LogP contribution in [0, 0.1) is 30.0 Å². The number of nitrogens with zero attached hydrogens (tertiary/aromatic N) is 8. The Morgan fingerprint density at radius 1 is 1.14 bits per heavy atom. The van der Waals surface area contributed by atoms with Gasteiger partial charge in [0.15, 0.2) is 17.2 Å². The lowest BCUT2D eigenvalue weighted by molar-refractivity contribution is -0.141. The summed E-state index contributed by atoms with van der Waals surface area (Å²) in [5.74, 6) is -0.987. The van der Waals surface area contributed by atoms with Gasteiger partial charge < -0.3 is 25.5 Å². The zero-order valence-electron chi connectivity index (χ0n) is 26.2. The minimum absolute atomic E-state index is 0.0112. The van der Waals surface area contributed by atoms with E-state index in [4.69, 9.17) is 15.2 Å². The number of piperidine rings is 1. The summed E-state index contributed by atoms with van der Waals surface area (Å²) in [5.41, 5.74) is -0.654. The summed E-state index contributed by atoms with van der Waals surface area (Å²) in [6.07, 6.45) is 1.95. The Bertz CT molecular complexity index is 1860. The number of fused-ring (bicyclic) bond motifs is 1. The van der Waals surface area contributed by atoms with Gasteiger partial charge in [-0.3, -0.25) is 23.5 Å². The molecule has 2 fully saturated rings. The van der Waals surface area contributed by atoms with Crippen LogP contribution in [0.4, 0.5) is 29.1 Å². The van der Waals surface area contributed by atoms with Gasteiger partial charge in [-0.25, -0.2) is 14.4 Å². The van der Waals surface area contributed by atoms with E-state index in [0.717, 1.165) is 42.9 Å². The van der Waals surface area contributed by atoms with E-state index in [1.807, 2.05) is 0 Å². The Hall–Kier alpha value is -5.57. The number of rotatable bonds is 6. The molecule has 0 unspecified atom stereocenters. The van der Waals surface area contributed by atoms with E-state index in [1.54, 1.807) is 28.9 Å². The monoisotopic (exact) mass is 684 g/mol. The van der Waals surface area contributed by atoms with E-state index >= 15 is 4.39 Å². The number of piperazine rings is 1. The minimum Gasteiger partial charge on any atom is -0.483 e. The lowest BCUT2D eigenvalue weighted by Gasteiger charge is -2.37. The molecule has 0 bridgehead atoms. The Morgan fingerprint density at radius 3 is 2.45 bits per heavy atom. The van der Waals surface area contributed by atoms with E-state index in [2.05, 4.69) is 25.7 Å². The molecule has 0 aliphatic carbocycles. The van der Waals surface area contributed by atoms with E-state index < -0.39 is 23.6 Å². The van der Waals surface area contributed by atoms with Crippen LogP contribution in [0.3, 0.4) is 0 Å². The number of amides is 2. The van der Waals surface area contributed by atoms with Crippen LogP contribution >= 0.6 is 0 Å². The van der Waals surface area contributed by atoms with Crippen molar-refractivity contribution in [3.05, 3.63) is 59.6 Å². The molecule has 3 N–H and O–H groups in total. The number of nitriles is 1. The molecule has 5 heterocycles. The number of hydrogen-bond acceptors (Lipinski definition) is 9. The fourth-order valence-electron chi connectivity index (χ4n) is 6.02. The van der Waals surface area contributed by atoms with E-state index in [0.29, 0.717) is 31.7 Å². The molecule has 14 nitrogen and oxygen atoms in total. The van der Waals surface area contributed by atoms with Gasteiger partial charge >= 0.3 is 6.18 Å². The number of alkyl halides is 3. The zero-order valence-corrected chi connectivity index (χ0v) is 26.2. The molecule has 2 aliphatic heterocycles. The normalized spacial score (nSPS) is 15.3. The lowest BCUT2D eigenvalue weighted by Crippen LogP contribution is -2.53. The summed E-state index contributed by atoms with van der Waals surface area (Å²) in [6, 6.07) is 4.50. The number of carbonyl (C=O) groups excluding carboxylic acids is 2. The van der Waals surface area contributed by atoms with Crippen molar-refractivity contribution in [2.24, 2.45) is 5.92 Å². The quantitative estimate of drug-likeness (QED) is 0.202. The Labute approximate surface area is 276 Å². The van der Waals surface area contributed by atoms with Crippen LogP contribution in [0.2, 0.25) is 0 Å². The second-order valence-corrected chi connectivity index (χ2v) is 11.4. The summed E-state index contributed by atoms with van der Waals surface area (Å²) in [4.78, 5) is 46.4. The maximum atomic E-state index is 15.5. The van der Waals surface area contributed by atoms with Crippen molar-refractivity contribution < 1.29 is 37.1 Å². The summed E-state index contributed by atoms with van der Waals surface area (Å²) in [7, 11) is 0. The second-order valence-electron chi connectivity index (χ2n) is 11.4. The fourth-order valence-corrected chi connectivity index (χ4v) is 6.02. The molecule has 0 spiro atoms. The van der Waals surface area contributed by atoms with Gasteiger partial charge in [-0.1, -0.05) is 0 Å². The second kappa shape index (κ2) is 14.7. The van der Waals surface area contributed by atoms with Gasteiger partial charge in [0.25, 0.3) is 12.4 Å². The van der Waals surface area contributed by atoms with Crippen molar-refractivity contribution in [3.63, 3.8) is 0 Å². The first-order valence-electron chi connectivity index (χ1n) is 15.2. The number of carboxylic acid groups (broad SMARTS) is 1. The number of nitrogens with one attached hydrogen (secondary N) is 2. The highest BCUT2D eigenvalue weighted by atomic mass is 19.4. The average molecular weight is 685 g/mol. The molecule has 18 heteroatoms. The van der Waals surface area contributed by atoms with Crippen LogP contribution in [-0.2, 0) is 22.3 Å². The van der Waals surface area contributed by atoms with Crippen molar-refractivity contribution in [2.75, 3.05) is 44.6 Å². The van der Waals surface area contributed by atoms with Crippen LogP contribution in [0.1, 0.15) is 34.5 Å². The van der Waals surface area contributed by atoms with Gasteiger partial charge in [-0.15, -0.1) is 0 Å². The zero-order chi connectivity index (χ0) is 35.3. The molecule has 0 atom stereocenters. The Kier molecular flexibility index (Phi) is 10.4. The number of imidazole rings is 1. The molecule has 258 valence electrons. The molecular formula is C31H32F4N10O4. The topological polar surface area (TPSA) is 174 Å². The van der Waals surface area contributed by atoms with Gasteiger partial charge in [0.1, 0.15) is 12.4 Å². The molecule has 1 aromatic carbocycles. The van der Waals surface area contributed by atoms with Crippen LogP contribution in [0.15, 0.2) is 36.9 Å². The average Bonchev–Trinajstić information content (AvgIpc) is 3.70. The maximum absolute atomic E-state index is 15.5. The minimum atomic E-state index is -4.78. The molecule has 2 amide bonds. The first-order valence-corrected chi connectivity index (χ1v) is 15.2. The van der Waals surface area contributed by atoms with Crippen LogP contribution in [0.5, 0.6) is 0 Å². The summed E-state index contributed by atoms with van der Waals surface area (Å²) >= 11 is 0. The third-order valence-electron chi connectivity index (χ3n) is 8.30.